The van der Waals surface area contributed by atoms with Crippen molar-refractivity contribution in [1.82, 2.24) is 0 Å². The van der Waals surface area contributed by atoms with Gasteiger partial charge in [-0.2, -0.15) is 0 Å². The molecule has 0 aromatic heterocycles. The van der Waals surface area contributed by atoms with Crippen LogP contribution in [0, 0.1) is 5.82 Å². The minimum absolute atomic E-state index is 0.0909. The van der Waals surface area contributed by atoms with Crippen molar-refractivity contribution in [3.63, 3.8) is 0 Å². The van der Waals surface area contributed by atoms with Gasteiger partial charge in [-0.15, -0.1) is 0 Å². The largest absolute Gasteiger partial charge is 0.493 e. The van der Waals surface area contributed by atoms with Crippen molar-refractivity contribution in [3.05, 3.63) is 23.0 Å². The number of aliphatic hydroxyl groups excluding tert-OH is 1. The Hall–Kier alpha value is -1.29. The zero-order valence-electron chi connectivity index (χ0n) is 10.3. The van der Waals surface area contributed by atoms with Crippen molar-refractivity contribution in [1.29, 1.82) is 0 Å². The second-order valence-electron chi connectivity index (χ2n) is 4.42. The first-order valence-corrected chi connectivity index (χ1v) is 5.72. The Morgan fingerprint density at radius 3 is 2.53 bits per heavy atom. The monoisotopic (exact) mass is 240 g/mol. The van der Waals surface area contributed by atoms with Crippen LogP contribution < -0.4 is 9.47 Å². The van der Waals surface area contributed by atoms with E-state index in [1.54, 1.807) is 0 Å². The van der Waals surface area contributed by atoms with Crippen molar-refractivity contribution in [2.45, 2.75) is 31.8 Å². The van der Waals surface area contributed by atoms with Gasteiger partial charge in [-0.1, -0.05) is 6.92 Å². The van der Waals surface area contributed by atoms with Gasteiger partial charge in [0.25, 0.3) is 0 Å². The third-order valence-corrected chi connectivity index (χ3v) is 3.40. The molecule has 0 amide bonds. The number of hydrogen-bond acceptors (Lipinski definition) is 3. The molecule has 0 bridgehead atoms. The molecule has 0 saturated carbocycles. The Morgan fingerprint density at radius 1 is 1.24 bits per heavy atom. The maximum Gasteiger partial charge on any atom is 0.167 e. The smallest absolute Gasteiger partial charge is 0.167 e. The van der Waals surface area contributed by atoms with Gasteiger partial charge in [0, 0.05) is 17.2 Å². The fraction of sp³-hybridized carbons (Fsp3) is 0.538. The fourth-order valence-electron chi connectivity index (χ4n) is 2.53. The average molecular weight is 240 g/mol. The van der Waals surface area contributed by atoms with E-state index < -0.39 is 6.10 Å². The molecule has 0 saturated heterocycles. The lowest BCUT2D eigenvalue weighted by Crippen LogP contribution is -2.16. The van der Waals surface area contributed by atoms with Gasteiger partial charge in [-0.05, 0) is 18.8 Å². The first kappa shape index (κ1) is 12.2. The molecular weight excluding hydrogens is 223 g/mol. The molecule has 1 N–H and O–H groups in total. The van der Waals surface area contributed by atoms with Crippen LogP contribution in [0.4, 0.5) is 4.39 Å². The molecule has 17 heavy (non-hydrogen) atoms. The third kappa shape index (κ3) is 1.86. The Kier molecular flexibility index (Phi) is 3.24. The standard InChI is InChI=1S/C13H17FO3/c1-7-4-5-9(15)12-11(7)8(14)6-10(16-2)13(12)17-3/h6-7,9,15H,4-5H2,1-3H3/t7?,9-/m0/s1. The highest BCUT2D eigenvalue weighted by Gasteiger charge is 2.31. The maximum absolute atomic E-state index is 14.0. The molecule has 1 aliphatic rings. The molecular formula is C13H17FO3. The predicted molar refractivity (Wildman–Crippen MR) is 62.1 cm³/mol. The lowest BCUT2D eigenvalue weighted by Gasteiger charge is -2.29. The molecule has 2 rings (SSSR count). The molecule has 0 spiro atoms. The zero-order chi connectivity index (χ0) is 12.6. The van der Waals surface area contributed by atoms with E-state index >= 15 is 0 Å². The van der Waals surface area contributed by atoms with E-state index in [0.29, 0.717) is 29.0 Å². The number of methoxy groups -OCH3 is 2. The average Bonchev–Trinajstić information content (AvgIpc) is 2.32. The predicted octanol–water partition coefficient (Wildman–Crippen LogP) is 2.77. The van der Waals surface area contributed by atoms with Crippen molar-refractivity contribution in [3.8, 4) is 11.5 Å². The van der Waals surface area contributed by atoms with Gasteiger partial charge in [-0.3, -0.25) is 0 Å². The molecule has 3 nitrogen and oxygen atoms in total. The summed E-state index contributed by atoms with van der Waals surface area (Å²) < 4.78 is 24.4. The van der Waals surface area contributed by atoms with Crippen LogP contribution in [0.1, 0.15) is 42.9 Å². The topological polar surface area (TPSA) is 38.7 Å². The minimum Gasteiger partial charge on any atom is -0.493 e. The number of fused-ring (bicyclic) bond motifs is 1. The highest BCUT2D eigenvalue weighted by atomic mass is 19.1. The van der Waals surface area contributed by atoms with E-state index in [2.05, 4.69) is 0 Å². The van der Waals surface area contributed by atoms with Crippen LogP contribution in [0.15, 0.2) is 6.07 Å². The first-order chi connectivity index (χ1) is 8.10. The molecule has 0 fully saturated rings. The van der Waals surface area contributed by atoms with Crippen LogP contribution in [-0.2, 0) is 0 Å². The van der Waals surface area contributed by atoms with E-state index in [1.165, 1.54) is 20.3 Å². The molecule has 0 aliphatic heterocycles. The number of halogens is 1. The normalized spacial score (nSPS) is 23.1. The Morgan fingerprint density at radius 2 is 1.94 bits per heavy atom. The van der Waals surface area contributed by atoms with Crippen molar-refractivity contribution in [2.24, 2.45) is 0 Å². The molecule has 0 heterocycles. The summed E-state index contributed by atoms with van der Waals surface area (Å²) in [5.41, 5.74) is 1.10. The lowest BCUT2D eigenvalue weighted by atomic mass is 9.81. The summed E-state index contributed by atoms with van der Waals surface area (Å²) in [6.07, 6.45) is 0.721. The molecule has 2 atom stereocenters. The van der Waals surface area contributed by atoms with E-state index in [-0.39, 0.29) is 11.7 Å². The Bertz CT molecular complexity index is 431. The van der Waals surface area contributed by atoms with Crippen LogP contribution in [0.3, 0.4) is 0 Å². The lowest BCUT2D eigenvalue weighted by molar-refractivity contribution is 0.145. The zero-order valence-corrected chi connectivity index (χ0v) is 10.3. The molecule has 1 aromatic rings. The van der Waals surface area contributed by atoms with Crippen molar-refractivity contribution in [2.75, 3.05) is 14.2 Å². The number of aliphatic hydroxyl groups is 1. The SMILES string of the molecule is COc1cc(F)c2c(c1OC)[C@@H](O)CCC2C. The van der Waals surface area contributed by atoms with E-state index in [1.807, 2.05) is 6.92 Å². The number of ether oxygens (including phenoxy) is 2. The van der Waals surface area contributed by atoms with Gasteiger partial charge < -0.3 is 14.6 Å². The van der Waals surface area contributed by atoms with Gasteiger partial charge in [0.1, 0.15) is 5.82 Å². The summed E-state index contributed by atoms with van der Waals surface area (Å²) >= 11 is 0. The van der Waals surface area contributed by atoms with E-state index in [0.717, 1.165) is 6.42 Å². The molecule has 1 aliphatic carbocycles. The fourth-order valence-corrected chi connectivity index (χ4v) is 2.53. The maximum atomic E-state index is 14.0. The minimum atomic E-state index is -0.680. The second kappa shape index (κ2) is 4.53. The van der Waals surface area contributed by atoms with Crippen LogP contribution >= 0.6 is 0 Å². The summed E-state index contributed by atoms with van der Waals surface area (Å²) in [4.78, 5) is 0. The van der Waals surface area contributed by atoms with Crippen LogP contribution in [0.25, 0.3) is 0 Å². The number of benzene rings is 1. The van der Waals surface area contributed by atoms with Crippen molar-refractivity contribution >= 4 is 0 Å². The van der Waals surface area contributed by atoms with Crippen LogP contribution in [0.5, 0.6) is 11.5 Å². The van der Waals surface area contributed by atoms with Crippen LogP contribution in [0.2, 0.25) is 0 Å². The summed E-state index contributed by atoms with van der Waals surface area (Å²) in [7, 11) is 2.96. The second-order valence-corrected chi connectivity index (χ2v) is 4.42. The quantitative estimate of drug-likeness (QED) is 0.863. The van der Waals surface area contributed by atoms with Crippen LogP contribution in [-0.4, -0.2) is 19.3 Å². The molecule has 94 valence electrons. The molecule has 1 unspecified atom stereocenters. The number of hydrogen-bond donors (Lipinski definition) is 1. The van der Waals surface area contributed by atoms with E-state index in [9.17, 15) is 9.50 Å². The van der Waals surface area contributed by atoms with Gasteiger partial charge in [0.05, 0.1) is 20.3 Å². The van der Waals surface area contributed by atoms with Gasteiger partial charge in [0.15, 0.2) is 11.5 Å². The number of rotatable bonds is 2. The Labute approximate surface area is 100 Å². The van der Waals surface area contributed by atoms with Gasteiger partial charge >= 0.3 is 0 Å². The summed E-state index contributed by atoms with van der Waals surface area (Å²) in [5.74, 6) is 0.539. The Balaban J connectivity index is 2.70. The van der Waals surface area contributed by atoms with E-state index in [4.69, 9.17) is 9.47 Å². The summed E-state index contributed by atoms with van der Waals surface area (Å²) in [6.45, 7) is 1.96. The van der Waals surface area contributed by atoms with Crippen molar-refractivity contribution < 1.29 is 19.0 Å². The third-order valence-electron chi connectivity index (χ3n) is 3.40. The molecule has 1 aromatic carbocycles. The summed E-state index contributed by atoms with van der Waals surface area (Å²) in [6, 6.07) is 1.33. The van der Waals surface area contributed by atoms with Gasteiger partial charge in [0.2, 0.25) is 0 Å². The molecule has 0 radical (unpaired) electrons. The first-order valence-electron chi connectivity index (χ1n) is 5.72. The highest BCUT2D eigenvalue weighted by molar-refractivity contribution is 5.54. The summed E-state index contributed by atoms with van der Waals surface area (Å²) in [5, 5.41) is 10.0. The van der Waals surface area contributed by atoms with Gasteiger partial charge in [-0.25, -0.2) is 4.39 Å². The highest BCUT2D eigenvalue weighted by Crippen LogP contribution is 2.47. The molecule has 4 heteroatoms.